The average molecular weight is 496 g/mol. The van der Waals surface area contributed by atoms with Crippen molar-refractivity contribution in [1.82, 2.24) is 5.32 Å². The Balaban J connectivity index is 1.97. The lowest BCUT2D eigenvalue weighted by Crippen LogP contribution is -2.48. The van der Waals surface area contributed by atoms with Gasteiger partial charge in [0.1, 0.15) is 17.5 Å². The number of nitrogens with zero attached hydrogens (tertiary/aromatic N) is 1. The molecule has 0 saturated carbocycles. The molecule has 11 heteroatoms. The van der Waals surface area contributed by atoms with Crippen LogP contribution in [0.3, 0.4) is 0 Å². The first-order valence-electron chi connectivity index (χ1n) is 10.2. The number of carbonyl (C=O) groups is 2. The second kappa shape index (κ2) is 9.48. The Kier molecular flexibility index (Phi) is 7.08. The number of rotatable bonds is 5. The van der Waals surface area contributed by atoms with E-state index in [-0.39, 0.29) is 29.6 Å². The molecule has 178 valence electrons. The van der Waals surface area contributed by atoms with Crippen molar-refractivity contribution in [3.8, 4) is 5.75 Å². The van der Waals surface area contributed by atoms with E-state index in [2.05, 4.69) is 10.6 Å². The molecule has 0 spiro atoms. The second-order valence-corrected chi connectivity index (χ2v) is 10.8. The summed E-state index contributed by atoms with van der Waals surface area (Å²) in [6.07, 6.45) is -1.29. The number of nitrogens with one attached hydrogen (secondary N) is 2. The van der Waals surface area contributed by atoms with E-state index in [9.17, 15) is 18.0 Å². The topological polar surface area (TPSA) is 114 Å². The summed E-state index contributed by atoms with van der Waals surface area (Å²) in [5, 5.41) is 5.66. The quantitative estimate of drug-likeness (QED) is 0.652. The van der Waals surface area contributed by atoms with E-state index in [1.807, 2.05) is 0 Å². The highest BCUT2D eigenvalue weighted by Crippen LogP contribution is 2.39. The van der Waals surface area contributed by atoms with Crippen LogP contribution >= 0.6 is 11.6 Å². The van der Waals surface area contributed by atoms with Gasteiger partial charge in [0.05, 0.1) is 23.7 Å². The van der Waals surface area contributed by atoms with Crippen LogP contribution in [0.25, 0.3) is 0 Å². The first kappa shape index (κ1) is 24.7. The molecule has 0 radical (unpaired) electrons. The molecule has 2 aromatic rings. The monoisotopic (exact) mass is 495 g/mol. The highest BCUT2D eigenvalue weighted by atomic mass is 35.5. The van der Waals surface area contributed by atoms with Crippen LogP contribution in [0, 0.1) is 0 Å². The van der Waals surface area contributed by atoms with Gasteiger partial charge in [0.25, 0.3) is 10.0 Å². The summed E-state index contributed by atoms with van der Waals surface area (Å²) in [6, 6.07) is 10.5. The zero-order valence-electron chi connectivity index (χ0n) is 18.7. The summed E-state index contributed by atoms with van der Waals surface area (Å²) in [5.74, 6) is 0.0392. The molecule has 2 amide bonds. The van der Waals surface area contributed by atoms with Gasteiger partial charge in [0.15, 0.2) is 0 Å². The SMILES string of the molecule is CC(=O)NCC1CN(S(=O)(=O)c2ccc(Cl)cc2)c2cc(NC(=O)OC(C)(C)C)ccc2O1. The van der Waals surface area contributed by atoms with Crippen LogP contribution in [0.2, 0.25) is 5.02 Å². The van der Waals surface area contributed by atoms with E-state index in [1.54, 1.807) is 32.9 Å². The number of hydrogen-bond acceptors (Lipinski definition) is 6. The molecule has 0 aromatic heterocycles. The molecule has 0 bridgehead atoms. The summed E-state index contributed by atoms with van der Waals surface area (Å²) in [7, 11) is -4.00. The predicted octanol–water partition coefficient (Wildman–Crippen LogP) is 3.78. The Hall–Kier alpha value is -2.98. The van der Waals surface area contributed by atoms with Crippen molar-refractivity contribution in [2.75, 3.05) is 22.7 Å². The van der Waals surface area contributed by atoms with Crippen molar-refractivity contribution in [2.24, 2.45) is 0 Å². The number of anilines is 2. The number of halogens is 1. The molecule has 0 fully saturated rings. The minimum absolute atomic E-state index is 0.0449. The van der Waals surface area contributed by atoms with Gasteiger partial charge in [0, 0.05) is 17.6 Å². The third-order valence-corrected chi connectivity index (χ3v) is 6.56. The van der Waals surface area contributed by atoms with E-state index in [1.165, 1.54) is 41.6 Å². The van der Waals surface area contributed by atoms with Crippen molar-refractivity contribution >= 4 is 45.0 Å². The highest BCUT2D eigenvalue weighted by Gasteiger charge is 2.35. The van der Waals surface area contributed by atoms with Gasteiger partial charge in [-0.25, -0.2) is 13.2 Å². The number of carbonyl (C=O) groups excluding carboxylic acids is 2. The molecule has 1 aliphatic rings. The molecule has 2 aromatic carbocycles. The van der Waals surface area contributed by atoms with Gasteiger partial charge in [-0.05, 0) is 63.2 Å². The fourth-order valence-corrected chi connectivity index (χ4v) is 4.76. The zero-order chi connectivity index (χ0) is 24.4. The molecule has 3 rings (SSSR count). The van der Waals surface area contributed by atoms with Crippen LogP contribution in [0.4, 0.5) is 16.2 Å². The molecular formula is C22H26ClN3O6S. The van der Waals surface area contributed by atoms with E-state index < -0.39 is 27.8 Å². The van der Waals surface area contributed by atoms with Gasteiger partial charge in [-0.3, -0.25) is 14.4 Å². The molecule has 0 aliphatic carbocycles. The fraction of sp³-hybridized carbons (Fsp3) is 0.364. The maximum Gasteiger partial charge on any atom is 0.412 e. The van der Waals surface area contributed by atoms with Gasteiger partial charge < -0.3 is 14.8 Å². The third kappa shape index (κ3) is 6.29. The van der Waals surface area contributed by atoms with Crippen LogP contribution in [-0.4, -0.2) is 45.2 Å². The summed E-state index contributed by atoms with van der Waals surface area (Å²) in [6.45, 7) is 6.66. The van der Waals surface area contributed by atoms with E-state index in [0.717, 1.165) is 0 Å². The predicted molar refractivity (Wildman–Crippen MR) is 125 cm³/mol. The van der Waals surface area contributed by atoms with Crippen molar-refractivity contribution in [2.45, 2.75) is 44.3 Å². The maximum absolute atomic E-state index is 13.5. The van der Waals surface area contributed by atoms with E-state index >= 15 is 0 Å². The summed E-state index contributed by atoms with van der Waals surface area (Å²) in [5.41, 5.74) is -0.108. The van der Waals surface area contributed by atoms with E-state index in [4.69, 9.17) is 21.1 Å². The minimum atomic E-state index is -4.00. The van der Waals surface area contributed by atoms with Crippen molar-refractivity contribution in [1.29, 1.82) is 0 Å². The van der Waals surface area contributed by atoms with Gasteiger partial charge in [-0.15, -0.1) is 0 Å². The lowest BCUT2D eigenvalue weighted by Gasteiger charge is -2.35. The number of ether oxygens (including phenoxy) is 2. The molecule has 1 unspecified atom stereocenters. The molecule has 1 heterocycles. The molecule has 33 heavy (non-hydrogen) atoms. The van der Waals surface area contributed by atoms with Crippen molar-refractivity contribution in [3.05, 3.63) is 47.5 Å². The first-order chi connectivity index (χ1) is 15.3. The summed E-state index contributed by atoms with van der Waals surface area (Å²) < 4.78 is 39.4. The van der Waals surface area contributed by atoms with Crippen LogP contribution in [-0.2, 0) is 19.6 Å². The Morgan fingerprint density at radius 3 is 2.45 bits per heavy atom. The maximum atomic E-state index is 13.5. The fourth-order valence-electron chi connectivity index (χ4n) is 3.14. The lowest BCUT2D eigenvalue weighted by atomic mass is 10.2. The molecule has 0 saturated heterocycles. The minimum Gasteiger partial charge on any atom is -0.484 e. The number of amides is 2. The number of hydrogen-bond donors (Lipinski definition) is 2. The van der Waals surface area contributed by atoms with Gasteiger partial charge in [-0.2, -0.15) is 0 Å². The largest absolute Gasteiger partial charge is 0.484 e. The van der Waals surface area contributed by atoms with Gasteiger partial charge in [-0.1, -0.05) is 11.6 Å². The van der Waals surface area contributed by atoms with Crippen LogP contribution in [0.5, 0.6) is 5.75 Å². The molecule has 1 aliphatic heterocycles. The highest BCUT2D eigenvalue weighted by molar-refractivity contribution is 7.92. The smallest absolute Gasteiger partial charge is 0.412 e. The van der Waals surface area contributed by atoms with Crippen molar-refractivity contribution in [3.63, 3.8) is 0 Å². The Morgan fingerprint density at radius 2 is 1.85 bits per heavy atom. The average Bonchev–Trinajstić information content (AvgIpc) is 2.70. The first-order valence-corrected chi connectivity index (χ1v) is 12.0. The van der Waals surface area contributed by atoms with Gasteiger partial charge in [0.2, 0.25) is 5.91 Å². The Labute approximate surface area is 198 Å². The molecule has 9 nitrogen and oxygen atoms in total. The molecular weight excluding hydrogens is 470 g/mol. The second-order valence-electron chi connectivity index (χ2n) is 8.48. The number of benzene rings is 2. The van der Waals surface area contributed by atoms with Crippen LogP contribution < -0.4 is 19.7 Å². The molecule has 2 N–H and O–H groups in total. The number of fused-ring (bicyclic) bond motifs is 1. The zero-order valence-corrected chi connectivity index (χ0v) is 20.3. The third-order valence-electron chi connectivity index (χ3n) is 4.52. The Bertz CT molecular complexity index is 1150. The van der Waals surface area contributed by atoms with Gasteiger partial charge >= 0.3 is 6.09 Å². The van der Waals surface area contributed by atoms with Crippen LogP contribution in [0.15, 0.2) is 47.4 Å². The molecule has 1 atom stereocenters. The lowest BCUT2D eigenvalue weighted by molar-refractivity contribution is -0.119. The van der Waals surface area contributed by atoms with E-state index in [0.29, 0.717) is 16.5 Å². The normalized spacial score (nSPS) is 15.8. The van der Waals surface area contributed by atoms with Crippen LogP contribution in [0.1, 0.15) is 27.7 Å². The number of sulfonamides is 1. The summed E-state index contributed by atoms with van der Waals surface area (Å²) in [4.78, 5) is 23.6. The summed E-state index contributed by atoms with van der Waals surface area (Å²) >= 11 is 5.92. The Morgan fingerprint density at radius 1 is 1.18 bits per heavy atom. The standard InChI is InChI=1S/C22H26ClN3O6S/c1-14(27)24-12-17-13-26(33(29,30)18-8-5-15(23)6-9-18)19-11-16(7-10-20(19)31-17)25-21(28)32-22(2,3)4/h5-11,17H,12-13H2,1-4H3,(H,24,27)(H,25,28). The van der Waals surface area contributed by atoms with Crippen molar-refractivity contribution < 1.29 is 27.5 Å².